The minimum atomic E-state index is -0.0586. The Labute approximate surface area is 149 Å². The average Bonchev–Trinajstić information content (AvgIpc) is 3.16. The van der Waals surface area contributed by atoms with Crippen LogP contribution in [0.5, 0.6) is 0 Å². The first-order chi connectivity index (χ1) is 11.6. The maximum absolute atomic E-state index is 12.5. The Balaban J connectivity index is 1.42. The molecule has 2 atom stereocenters. The van der Waals surface area contributed by atoms with E-state index in [-0.39, 0.29) is 17.9 Å². The van der Waals surface area contributed by atoms with Crippen molar-refractivity contribution in [3.8, 4) is 0 Å². The van der Waals surface area contributed by atoms with Crippen molar-refractivity contribution in [1.82, 2.24) is 20.0 Å². The molecule has 3 aliphatic heterocycles. The first-order valence-corrected chi connectivity index (χ1v) is 10.4. The van der Waals surface area contributed by atoms with Crippen molar-refractivity contribution in [1.29, 1.82) is 0 Å². The summed E-state index contributed by atoms with van der Waals surface area (Å²) < 4.78 is 0. The van der Waals surface area contributed by atoms with Crippen LogP contribution in [-0.2, 0) is 9.59 Å². The Morgan fingerprint density at radius 3 is 2.42 bits per heavy atom. The largest absolute Gasteiger partial charge is 0.341 e. The summed E-state index contributed by atoms with van der Waals surface area (Å²) in [5.41, 5.74) is 0. The van der Waals surface area contributed by atoms with Crippen LogP contribution in [0.1, 0.15) is 26.2 Å². The minimum absolute atomic E-state index is 0.0586. The van der Waals surface area contributed by atoms with Crippen LogP contribution in [-0.4, -0.2) is 95.9 Å². The van der Waals surface area contributed by atoms with E-state index in [1.807, 2.05) is 28.5 Å². The van der Waals surface area contributed by atoms with Crippen LogP contribution in [0.4, 0.5) is 0 Å². The number of hydrogen-bond donors (Lipinski definition) is 1. The zero-order valence-electron chi connectivity index (χ0n) is 14.7. The lowest BCUT2D eigenvalue weighted by Gasteiger charge is -2.39. The van der Waals surface area contributed by atoms with Crippen LogP contribution in [0.25, 0.3) is 0 Å². The minimum Gasteiger partial charge on any atom is -0.341 e. The van der Waals surface area contributed by atoms with E-state index < -0.39 is 0 Å². The fraction of sp³-hybridized carbons (Fsp3) is 0.882. The third-order valence-electron chi connectivity index (χ3n) is 5.41. The predicted molar refractivity (Wildman–Crippen MR) is 97.2 cm³/mol. The van der Waals surface area contributed by atoms with Crippen LogP contribution in [0.3, 0.4) is 0 Å². The van der Waals surface area contributed by atoms with Crippen molar-refractivity contribution in [3.05, 3.63) is 0 Å². The summed E-state index contributed by atoms with van der Waals surface area (Å²) in [7, 11) is 0. The maximum Gasteiger partial charge on any atom is 0.239 e. The van der Waals surface area contributed by atoms with E-state index in [0.717, 1.165) is 70.2 Å². The van der Waals surface area contributed by atoms with E-state index in [4.69, 9.17) is 0 Å². The third-order valence-corrected chi connectivity index (χ3v) is 6.54. The molecule has 0 bridgehead atoms. The first kappa shape index (κ1) is 18.0. The highest BCUT2D eigenvalue weighted by Crippen LogP contribution is 2.16. The standard InChI is InChI=1S/C17H30N4O2S/c1-14(17(23)21-5-2-3-6-21)19-7-9-20(10-8-19)16(22)12-15-13-24-11-4-18-15/h14-15,18H,2-13H2,1H3. The lowest BCUT2D eigenvalue weighted by molar-refractivity contribution is -0.138. The quantitative estimate of drug-likeness (QED) is 0.784. The third kappa shape index (κ3) is 4.43. The lowest BCUT2D eigenvalue weighted by atomic mass is 10.1. The van der Waals surface area contributed by atoms with Crippen LogP contribution in [0.15, 0.2) is 0 Å². The fourth-order valence-electron chi connectivity index (χ4n) is 3.81. The highest BCUT2D eigenvalue weighted by molar-refractivity contribution is 7.99. The normalized spacial score (nSPS) is 27.3. The summed E-state index contributed by atoms with van der Waals surface area (Å²) in [5, 5.41) is 3.43. The molecule has 2 amide bonds. The summed E-state index contributed by atoms with van der Waals surface area (Å²) in [6.07, 6.45) is 2.87. The Morgan fingerprint density at radius 2 is 1.79 bits per heavy atom. The molecule has 7 heteroatoms. The molecule has 6 nitrogen and oxygen atoms in total. The van der Waals surface area contributed by atoms with Crippen molar-refractivity contribution < 1.29 is 9.59 Å². The number of hydrogen-bond acceptors (Lipinski definition) is 5. The Bertz CT molecular complexity index is 442. The lowest BCUT2D eigenvalue weighted by Crippen LogP contribution is -2.55. The van der Waals surface area contributed by atoms with Crippen LogP contribution < -0.4 is 5.32 Å². The molecule has 0 aromatic carbocycles. The molecule has 3 aliphatic rings. The maximum atomic E-state index is 12.5. The highest BCUT2D eigenvalue weighted by atomic mass is 32.2. The van der Waals surface area contributed by atoms with Gasteiger partial charge in [0.25, 0.3) is 0 Å². The van der Waals surface area contributed by atoms with Crippen LogP contribution in [0, 0.1) is 0 Å². The molecule has 1 N–H and O–H groups in total. The van der Waals surface area contributed by atoms with Crippen molar-refractivity contribution in [3.63, 3.8) is 0 Å². The molecule has 3 fully saturated rings. The van der Waals surface area contributed by atoms with Gasteiger partial charge >= 0.3 is 0 Å². The van der Waals surface area contributed by atoms with Gasteiger partial charge in [-0.3, -0.25) is 14.5 Å². The van der Waals surface area contributed by atoms with Crippen LogP contribution >= 0.6 is 11.8 Å². The van der Waals surface area contributed by atoms with E-state index in [1.54, 1.807) is 0 Å². The number of thioether (sulfide) groups is 1. The van der Waals surface area contributed by atoms with Gasteiger partial charge < -0.3 is 15.1 Å². The molecule has 0 saturated carbocycles. The van der Waals surface area contributed by atoms with Gasteiger partial charge in [0.1, 0.15) is 0 Å². The molecule has 0 spiro atoms. The summed E-state index contributed by atoms with van der Waals surface area (Å²) in [6, 6.07) is 0.265. The fourth-order valence-corrected chi connectivity index (χ4v) is 4.76. The van der Waals surface area contributed by atoms with Gasteiger partial charge in [-0.25, -0.2) is 0 Å². The SMILES string of the molecule is CC(C(=O)N1CCCC1)N1CCN(C(=O)CC2CSCCN2)CC1. The Kier molecular flexibility index (Phi) is 6.41. The van der Waals surface area contributed by atoms with Crippen molar-refractivity contribution in [2.24, 2.45) is 0 Å². The van der Waals surface area contributed by atoms with Gasteiger partial charge in [0.15, 0.2) is 0 Å². The number of carbonyl (C=O) groups excluding carboxylic acids is 2. The summed E-state index contributed by atoms with van der Waals surface area (Å²) >= 11 is 1.93. The molecule has 0 aromatic rings. The molecular formula is C17H30N4O2S. The second kappa shape index (κ2) is 8.54. The van der Waals surface area contributed by atoms with E-state index in [9.17, 15) is 9.59 Å². The molecule has 2 unspecified atom stereocenters. The molecule has 136 valence electrons. The first-order valence-electron chi connectivity index (χ1n) is 9.27. The van der Waals surface area contributed by atoms with Crippen molar-refractivity contribution in [2.45, 2.75) is 38.3 Å². The average molecular weight is 355 g/mol. The molecule has 3 heterocycles. The van der Waals surface area contributed by atoms with E-state index in [0.29, 0.717) is 12.5 Å². The highest BCUT2D eigenvalue weighted by Gasteiger charge is 2.31. The van der Waals surface area contributed by atoms with E-state index >= 15 is 0 Å². The molecule has 0 aromatic heterocycles. The smallest absolute Gasteiger partial charge is 0.239 e. The summed E-state index contributed by atoms with van der Waals surface area (Å²) in [5.74, 6) is 2.70. The predicted octanol–water partition coefficient (Wildman–Crippen LogP) is 0.237. The van der Waals surface area contributed by atoms with Crippen LogP contribution in [0.2, 0.25) is 0 Å². The second-order valence-electron chi connectivity index (χ2n) is 7.06. The number of amides is 2. The monoisotopic (exact) mass is 354 g/mol. The van der Waals surface area contributed by atoms with Gasteiger partial charge in [0, 0.05) is 69.8 Å². The number of carbonyl (C=O) groups is 2. The Morgan fingerprint density at radius 1 is 1.08 bits per heavy atom. The summed E-state index contributed by atoms with van der Waals surface area (Å²) in [6.45, 7) is 7.95. The van der Waals surface area contributed by atoms with Gasteiger partial charge in [-0.2, -0.15) is 11.8 Å². The van der Waals surface area contributed by atoms with E-state index in [1.165, 1.54) is 0 Å². The van der Waals surface area contributed by atoms with Gasteiger partial charge in [-0.15, -0.1) is 0 Å². The summed E-state index contributed by atoms with van der Waals surface area (Å²) in [4.78, 5) is 31.2. The van der Waals surface area contributed by atoms with Gasteiger partial charge in [-0.05, 0) is 19.8 Å². The number of nitrogens with zero attached hydrogens (tertiary/aromatic N) is 3. The molecule has 24 heavy (non-hydrogen) atoms. The number of rotatable bonds is 4. The molecule has 3 saturated heterocycles. The van der Waals surface area contributed by atoms with Gasteiger partial charge in [0.2, 0.25) is 11.8 Å². The van der Waals surface area contributed by atoms with Gasteiger partial charge in [-0.1, -0.05) is 0 Å². The molecular weight excluding hydrogens is 324 g/mol. The number of nitrogens with one attached hydrogen (secondary N) is 1. The van der Waals surface area contributed by atoms with E-state index in [2.05, 4.69) is 10.2 Å². The zero-order valence-corrected chi connectivity index (χ0v) is 15.5. The van der Waals surface area contributed by atoms with Crippen molar-refractivity contribution in [2.75, 3.05) is 57.3 Å². The number of likely N-dealkylation sites (tertiary alicyclic amines) is 1. The number of piperazine rings is 1. The zero-order chi connectivity index (χ0) is 16.9. The van der Waals surface area contributed by atoms with Gasteiger partial charge in [0.05, 0.1) is 6.04 Å². The molecule has 3 rings (SSSR count). The Hall–Kier alpha value is -0.790. The molecule has 0 aliphatic carbocycles. The topological polar surface area (TPSA) is 55.9 Å². The molecule has 0 radical (unpaired) electrons. The van der Waals surface area contributed by atoms with Crippen molar-refractivity contribution >= 4 is 23.6 Å². The second-order valence-corrected chi connectivity index (χ2v) is 8.21.